The van der Waals surface area contributed by atoms with Gasteiger partial charge in [0.25, 0.3) is 0 Å². The molecule has 0 atom stereocenters. The van der Waals surface area contributed by atoms with E-state index < -0.39 is 35.2 Å². The van der Waals surface area contributed by atoms with Crippen molar-refractivity contribution in [2.75, 3.05) is 6.61 Å². The molecule has 124 valence electrons. The Bertz CT molecular complexity index is 513. The number of benzene rings is 1. The first-order chi connectivity index (χ1) is 9.96. The zero-order valence-corrected chi connectivity index (χ0v) is 11.3. The minimum Gasteiger partial charge on any atom is -0.507 e. The van der Waals surface area contributed by atoms with E-state index in [-0.39, 0.29) is 25.0 Å². The summed E-state index contributed by atoms with van der Waals surface area (Å²) in [6, 6.07) is 0.785. The number of phenolic OH excluding ortho intramolecular Hbond substituents is 1. The highest BCUT2D eigenvalue weighted by atomic mass is 19.4. The third kappa shape index (κ3) is 4.54. The first-order valence-electron chi connectivity index (χ1n) is 6.12. The third-order valence-corrected chi connectivity index (χ3v) is 2.70. The van der Waals surface area contributed by atoms with Gasteiger partial charge in [0, 0.05) is 6.42 Å². The van der Waals surface area contributed by atoms with Crippen LogP contribution in [-0.4, -0.2) is 17.7 Å². The van der Waals surface area contributed by atoms with Crippen molar-refractivity contribution in [3.63, 3.8) is 0 Å². The predicted octanol–water partition coefficient (Wildman–Crippen LogP) is 3.93. The normalized spacial score (nSPS) is 12.3. The average Bonchev–Trinajstić information content (AvgIpc) is 2.35. The van der Waals surface area contributed by atoms with Crippen molar-refractivity contribution < 1.29 is 41.0 Å². The van der Waals surface area contributed by atoms with Gasteiger partial charge in [-0.3, -0.25) is 4.79 Å². The molecule has 1 rings (SSSR count). The molecule has 1 aromatic rings. The molecular formula is C13H12F6O3. The highest BCUT2D eigenvalue weighted by molar-refractivity contribution is 5.69. The first-order valence-corrected chi connectivity index (χ1v) is 6.12. The molecule has 0 spiro atoms. The van der Waals surface area contributed by atoms with E-state index in [1.54, 1.807) is 0 Å². The maximum Gasteiger partial charge on any atom is 0.419 e. The second-order valence-corrected chi connectivity index (χ2v) is 4.34. The highest BCUT2D eigenvalue weighted by Gasteiger charge is 2.41. The van der Waals surface area contributed by atoms with Gasteiger partial charge in [-0.1, -0.05) is 0 Å². The summed E-state index contributed by atoms with van der Waals surface area (Å²) in [7, 11) is 0. The van der Waals surface area contributed by atoms with Crippen molar-refractivity contribution in [1.82, 2.24) is 0 Å². The molecule has 0 saturated heterocycles. The summed E-state index contributed by atoms with van der Waals surface area (Å²) in [5, 5.41) is 9.21. The zero-order chi connectivity index (χ0) is 17.1. The number of carbonyl (C=O) groups is 1. The minimum absolute atomic E-state index is 0.0516. The quantitative estimate of drug-likeness (QED) is 0.672. The van der Waals surface area contributed by atoms with Crippen LogP contribution in [0.5, 0.6) is 5.75 Å². The maximum atomic E-state index is 12.7. The fraction of sp³-hybridized carbons (Fsp3) is 0.462. The van der Waals surface area contributed by atoms with Gasteiger partial charge >= 0.3 is 18.3 Å². The highest BCUT2D eigenvalue weighted by Crippen LogP contribution is 2.44. The van der Waals surface area contributed by atoms with E-state index in [9.17, 15) is 36.2 Å². The Morgan fingerprint density at radius 1 is 1.09 bits per heavy atom. The predicted molar refractivity (Wildman–Crippen MR) is 63.1 cm³/mol. The van der Waals surface area contributed by atoms with Crippen LogP contribution < -0.4 is 0 Å². The number of aryl methyl sites for hydroxylation is 1. The van der Waals surface area contributed by atoms with Gasteiger partial charge in [-0.25, -0.2) is 0 Å². The Morgan fingerprint density at radius 2 is 1.55 bits per heavy atom. The van der Waals surface area contributed by atoms with E-state index in [1.807, 2.05) is 0 Å². The van der Waals surface area contributed by atoms with Crippen molar-refractivity contribution in [1.29, 1.82) is 0 Å². The van der Waals surface area contributed by atoms with Crippen molar-refractivity contribution in [3.8, 4) is 5.75 Å². The molecule has 0 amide bonds. The molecule has 0 aliphatic heterocycles. The second kappa shape index (κ2) is 6.45. The van der Waals surface area contributed by atoms with Crippen molar-refractivity contribution in [2.24, 2.45) is 0 Å². The molecule has 0 aromatic heterocycles. The third-order valence-electron chi connectivity index (χ3n) is 2.70. The van der Waals surface area contributed by atoms with Gasteiger partial charge in [-0.05, 0) is 31.0 Å². The summed E-state index contributed by atoms with van der Waals surface area (Å²) in [6.45, 7) is 1.57. The Labute approximate surface area is 121 Å². The Kier molecular flexibility index (Phi) is 5.31. The topological polar surface area (TPSA) is 46.5 Å². The van der Waals surface area contributed by atoms with Gasteiger partial charge in [0.2, 0.25) is 0 Å². The summed E-state index contributed by atoms with van der Waals surface area (Å²) in [5.41, 5.74) is -3.95. The van der Waals surface area contributed by atoms with Crippen molar-refractivity contribution >= 4 is 5.97 Å². The van der Waals surface area contributed by atoms with Crippen LogP contribution in [0.3, 0.4) is 0 Å². The van der Waals surface area contributed by atoms with Gasteiger partial charge in [-0.2, -0.15) is 26.3 Å². The molecule has 0 fully saturated rings. The second-order valence-electron chi connectivity index (χ2n) is 4.34. The van der Waals surface area contributed by atoms with E-state index in [1.165, 1.54) is 6.92 Å². The molecule has 3 nitrogen and oxygen atoms in total. The molecule has 0 bridgehead atoms. The van der Waals surface area contributed by atoms with E-state index in [2.05, 4.69) is 4.74 Å². The molecule has 0 unspecified atom stereocenters. The van der Waals surface area contributed by atoms with Crippen LogP contribution in [-0.2, 0) is 28.3 Å². The summed E-state index contributed by atoms with van der Waals surface area (Å²) < 4.78 is 80.7. The lowest BCUT2D eigenvalue weighted by Gasteiger charge is -2.16. The van der Waals surface area contributed by atoms with E-state index in [4.69, 9.17) is 0 Å². The summed E-state index contributed by atoms with van der Waals surface area (Å²) in [6.07, 6.45) is -11.0. The molecular weight excluding hydrogens is 318 g/mol. The first kappa shape index (κ1) is 18.1. The average molecular weight is 330 g/mol. The number of aromatic hydroxyl groups is 1. The number of phenols is 1. The molecule has 1 aromatic carbocycles. The minimum atomic E-state index is -5.15. The van der Waals surface area contributed by atoms with E-state index >= 15 is 0 Å². The number of halogens is 6. The van der Waals surface area contributed by atoms with Gasteiger partial charge in [0.15, 0.2) is 0 Å². The van der Waals surface area contributed by atoms with Crippen LogP contribution >= 0.6 is 0 Å². The fourth-order valence-electron chi connectivity index (χ4n) is 1.75. The lowest BCUT2D eigenvalue weighted by molar-refractivity contribution is -0.145. The number of hydrogen-bond acceptors (Lipinski definition) is 3. The summed E-state index contributed by atoms with van der Waals surface area (Å²) in [5.74, 6) is -2.61. The van der Waals surface area contributed by atoms with Crippen LogP contribution in [0.15, 0.2) is 12.1 Å². The SMILES string of the molecule is CCOC(=O)CCc1cc(C(F)(F)F)c(O)c(C(F)(F)F)c1. The van der Waals surface area contributed by atoms with E-state index in [0.717, 1.165) is 0 Å². The number of hydrogen-bond donors (Lipinski definition) is 1. The Balaban J connectivity index is 3.21. The molecule has 9 heteroatoms. The number of esters is 1. The van der Waals surface area contributed by atoms with Gasteiger partial charge in [0.1, 0.15) is 5.75 Å². The van der Waals surface area contributed by atoms with Crippen molar-refractivity contribution in [3.05, 3.63) is 28.8 Å². The summed E-state index contributed by atoms with van der Waals surface area (Å²) >= 11 is 0. The van der Waals surface area contributed by atoms with Crippen LogP contribution in [0.4, 0.5) is 26.3 Å². The smallest absolute Gasteiger partial charge is 0.419 e. The lowest BCUT2D eigenvalue weighted by atomic mass is 10.00. The monoisotopic (exact) mass is 330 g/mol. The fourth-order valence-corrected chi connectivity index (χ4v) is 1.75. The Hall–Kier alpha value is -1.93. The molecule has 0 aliphatic rings. The van der Waals surface area contributed by atoms with Gasteiger partial charge in [-0.15, -0.1) is 0 Å². The number of carbonyl (C=O) groups excluding carboxylic acids is 1. The molecule has 0 aliphatic carbocycles. The number of rotatable bonds is 4. The summed E-state index contributed by atoms with van der Waals surface area (Å²) in [4.78, 5) is 11.1. The van der Waals surface area contributed by atoms with Crippen LogP contribution in [0, 0.1) is 0 Å². The zero-order valence-electron chi connectivity index (χ0n) is 11.3. The van der Waals surface area contributed by atoms with Crippen LogP contribution in [0.2, 0.25) is 0 Å². The van der Waals surface area contributed by atoms with Gasteiger partial charge in [0.05, 0.1) is 17.7 Å². The maximum absolute atomic E-state index is 12.7. The molecule has 0 saturated carbocycles. The number of alkyl halides is 6. The largest absolute Gasteiger partial charge is 0.507 e. The van der Waals surface area contributed by atoms with Gasteiger partial charge < -0.3 is 9.84 Å². The standard InChI is InChI=1S/C13H12F6O3/c1-2-22-10(20)4-3-7-5-8(12(14,15)16)11(21)9(6-7)13(17,18)19/h5-6,21H,2-4H2,1H3. The molecule has 0 heterocycles. The lowest BCUT2D eigenvalue weighted by Crippen LogP contribution is -2.13. The van der Waals surface area contributed by atoms with Crippen LogP contribution in [0.1, 0.15) is 30.0 Å². The van der Waals surface area contributed by atoms with Crippen LogP contribution in [0.25, 0.3) is 0 Å². The van der Waals surface area contributed by atoms with E-state index in [0.29, 0.717) is 12.1 Å². The Morgan fingerprint density at radius 3 is 1.91 bits per heavy atom. The molecule has 0 radical (unpaired) electrons. The number of ether oxygens (including phenoxy) is 1. The van der Waals surface area contributed by atoms with Crippen molar-refractivity contribution in [2.45, 2.75) is 32.1 Å². The molecule has 1 N–H and O–H groups in total. The molecule has 22 heavy (non-hydrogen) atoms.